The molecule has 0 radical (unpaired) electrons. The molecule has 0 aliphatic carbocycles. The van der Waals surface area contributed by atoms with Crippen LogP contribution in [0, 0.1) is 0 Å². The normalized spacial score (nSPS) is 14.3. The number of amides is 1. The number of aromatic amines is 1. The van der Waals surface area contributed by atoms with Gasteiger partial charge < -0.3 is 9.80 Å². The smallest absolute Gasteiger partial charge is 0.233 e. The molecule has 4 rings (SSSR count). The van der Waals surface area contributed by atoms with E-state index in [9.17, 15) is 4.79 Å². The summed E-state index contributed by atoms with van der Waals surface area (Å²) in [6, 6.07) is 15.5. The molecule has 1 saturated heterocycles. The standard InChI is InChI=1S/C20H19Cl2N5OS/c21-14-6-7-16(17(22)12-14)19-23-20(25-24-19)29-13-18(28)27-10-8-26(9-11-27)15-4-2-1-3-5-15/h1-7,12H,8-11,13H2,(H,23,24,25). The molecule has 0 saturated carbocycles. The molecule has 0 bridgehead atoms. The van der Waals surface area contributed by atoms with E-state index in [2.05, 4.69) is 32.2 Å². The first kappa shape index (κ1) is 20.1. The summed E-state index contributed by atoms with van der Waals surface area (Å²) in [5.41, 5.74) is 1.92. The number of H-pyrrole nitrogens is 1. The van der Waals surface area contributed by atoms with E-state index < -0.39 is 0 Å². The van der Waals surface area contributed by atoms with Crippen LogP contribution in [0.25, 0.3) is 11.4 Å². The van der Waals surface area contributed by atoms with Crippen molar-refractivity contribution in [1.82, 2.24) is 20.1 Å². The minimum atomic E-state index is 0.0959. The zero-order valence-electron chi connectivity index (χ0n) is 15.5. The van der Waals surface area contributed by atoms with Crippen LogP contribution in [0.4, 0.5) is 5.69 Å². The molecule has 9 heteroatoms. The number of piperazine rings is 1. The summed E-state index contributed by atoms with van der Waals surface area (Å²) in [7, 11) is 0. The van der Waals surface area contributed by atoms with Crippen molar-refractivity contribution in [3.05, 3.63) is 58.6 Å². The predicted molar refractivity (Wildman–Crippen MR) is 118 cm³/mol. The lowest BCUT2D eigenvalue weighted by Crippen LogP contribution is -2.49. The van der Waals surface area contributed by atoms with Crippen molar-refractivity contribution >= 4 is 46.6 Å². The summed E-state index contributed by atoms with van der Waals surface area (Å²) in [6.07, 6.45) is 0. The van der Waals surface area contributed by atoms with Crippen molar-refractivity contribution in [3.8, 4) is 11.4 Å². The van der Waals surface area contributed by atoms with Crippen molar-refractivity contribution < 1.29 is 4.79 Å². The van der Waals surface area contributed by atoms with Crippen molar-refractivity contribution in [2.24, 2.45) is 0 Å². The van der Waals surface area contributed by atoms with Crippen LogP contribution in [0.15, 0.2) is 53.7 Å². The number of benzene rings is 2. The number of hydrogen-bond donors (Lipinski definition) is 1. The molecule has 3 aromatic rings. The van der Waals surface area contributed by atoms with Gasteiger partial charge in [0.25, 0.3) is 0 Å². The zero-order chi connectivity index (χ0) is 20.2. The third kappa shape index (κ3) is 4.86. The van der Waals surface area contributed by atoms with Gasteiger partial charge in [-0.2, -0.15) is 0 Å². The molecular formula is C20H19Cl2N5OS. The van der Waals surface area contributed by atoms with Crippen LogP contribution in [-0.4, -0.2) is 57.9 Å². The maximum atomic E-state index is 12.6. The number of para-hydroxylation sites is 1. The molecule has 1 aliphatic rings. The summed E-state index contributed by atoms with van der Waals surface area (Å²) in [5, 5.41) is 8.62. The highest BCUT2D eigenvalue weighted by Crippen LogP contribution is 2.29. The van der Waals surface area contributed by atoms with Gasteiger partial charge in [0, 0.05) is 42.5 Å². The van der Waals surface area contributed by atoms with Gasteiger partial charge in [0.1, 0.15) is 0 Å². The summed E-state index contributed by atoms with van der Waals surface area (Å²) >= 11 is 13.5. The van der Waals surface area contributed by atoms with Gasteiger partial charge in [-0.3, -0.25) is 9.89 Å². The number of carbonyl (C=O) groups excluding carboxylic acids is 1. The Labute approximate surface area is 183 Å². The molecule has 0 unspecified atom stereocenters. The topological polar surface area (TPSA) is 65.1 Å². The fourth-order valence-corrected chi connectivity index (χ4v) is 4.38. The Morgan fingerprint density at radius 3 is 2.55 bits per heavy atom. The summed E-state index contributed by atoms with van der Waals surface area (Å²) < 4.78 is 0. The van der Waals surface area contributed by atoms with Crippen LogP contribution in [0.3, 0.4) is 0 Å². The average molecular weight is 448 g/mol. The van der Waals surface area contributed by atoms with E-state index in [0.717, 1.165) is 18.7 Å². The molecule has 29 heavy (non-hydrogen) atoms. The number of anilines is 1. The molecule has 0 spiro atoms. The van der Waals surface area contributed by atoms with Crippen molar-refractivity contribution in [2.75, 3.05) is 36.8 Å². The Hall–Kier alpha value is -2.22. The van der Waals surface area contributed by atoms with Crippen LogP contribution in [0.5, 0.6) is 0 Å². The first-order chi connectivity index (χ1) is 14.1. The maximum Gasteiger partial charge on any atom is 0.233 e. The highest BCUT2D eigenvalue weighted by atomic mass is 35.5. The first-order valence-electron chi connectivity index (χ1n) is 9.18. The van der Waals surface area contributed by atoms with Gasteiger partial charge in [0.2, 0.25) is 11.1 Å². The monoisotopic (exact) mass is 447 g/mol. The van der Waals surface area contributed by atoms with Crippen LogP contribution in [0.1, 0.15) is 0 Å². The minimum absolute atomic E-state index is 0.0959. The largest absolute Gasteiger partial charge is 0.368 e. The summed E-state index contributed by atoms with van der Waals surface area (Å²) in [5.74, 6) is 0.952. The van der Waals surface area contributed by atoms with Crippen LogP contribution in [0.2, 0.25) is 10.0 Å². The van der Waals surface area contributed by atoms with Gasteiger partial charge in [0.05, 0.1) is 10.8 Å². The quantitative estimate of drug-likeness (QED) is 0.593. The number of hydrogen-bond acceptors (Lipinski definition) is 5. The molecule has 6 nitrogen and oxygen atoms in total. The number of halogens is 2. The Balaban J connectivity index is 1.30. The number of rotatable bonds is 5. The highest BCUT2D eigenvalue weighted by Gasteiger charge is 2.22. The molecule has 2 aromatic carbocycles. The van der Waals surface area contributed by atoms with Gasteiger partial charge in [-0.15, -0.1) is 5.10 Å². The molecule has 1 N–H and O–H groups in total. The molecule has 2 heterocycles. The SMILES string of the molecule is O=C(CSc1n[nH]c(-c2ccc(Cl)cc2Cl)n1)N1CCN(c2ccccc2)CC1. The van der Waals surface area contributed by atoms with Gasteiger partial charge in [0.15, 0.2) is 5.82 Å². The van der Waals surface area contributed by atoms with E-state index in [1.807, 2.05) is 23.1 Å². The molecule has 0 atom stereocenters. The van der Waals surface area contributed by atoms with Crippen molar-refractivity contribution in [3.63, 3.8) is 0 Å². The van der Waals surface area contributed by atoms with E-state index in [1.54, 1.807) is 18.2 Å². The second-order valence-corrected chi connectivity index (χ2v) is 8.37. The van der Waals surface area contributed by atoms with Crippen LogP contribution < -0.4 is 4.90 Å². The fourth-order valence-electron chi connectivity index (χ4n) is 3.18. The third-order valence-corrected chi connectivity index (χ3v) is 6.11. The molecule has 1 amide bonds. The second-order valence-electron chi connectivity index (χ2n) is 6.58. The Kier molecular flexibility index (Phi) is 6.28. The van der Waals surface area contributed by atoms with Crippen molar-refractivity contribution in [1.29, 1.82) is 0 Å². The summed E-state index contributed by atoms with van der Waals surface area (Å²) in [4.78, 5) is 21.2. The van der Waals surface area contributed by atoms with E-state index in [0.29, 0.717) is 39.9 Å². The fraction of sp³-hybridized carbons (Fsp3) is 0.250. The molecule has 1 aliphatic heterocycles. The van der Waals surface area contributed by atoms with Gasteiger partial charge in [-0.1, -0.05) is 53.2 Å². The minimum Gasteiger partial charge on any atom is -0.368 e. The zero-order valence-corrected chi connectivity index (χ0v) is 17.8. The van der Waals surface area contributed by atoms with E-state index in [-0.39, 0.29) is 5.91 Å². The van der Waals surface area contributed by atoms with Crippen molar-refractivity contribution in [2.45, 2.75) is 5.16 Å². The van der Waals surface area contributed by atoms with E-state index in [1.165, 1.54) is 17.4 Å². The maximum absolute atomic E-state index is 12.6. The number of nitrogens with zero attached hydrogens (tertiary/aromatic N) is 4. The molecule has 150 valence electrons. The van der Waals surface area contributed by atoms with Crippen LogP contribution in [-0.2, 0) is 4.79 Å². The average Bonchev–Trinajstić information content (AvgIpc) is 3.21. The van der Waals surface area contributed by atoms with Crippen LogP contribution >= 0.6 is 35.0 Å². The first-order valence-corrected chi connectivity index (χ1v) is 10.9. The van der Waals surface area contributed by atoms with Gasteiger partial charge in [-0.05, 0) is 30.3 Å². The highest BCUT2D eigenvalue weighted by molar-refractivity contribution is 7.99. The summed E-state index contributed by atoms with van der Waals surface area (Å²) in [6.45, 7) is 3.10. The van der Waals surface area contributed by atoms with Gasteiger partial charge >= 0.3 is 0 Å². The lowest BCUT2D eigenvalue weighted by atomic mass is 10.2. The number of thioether (sulfide) groups is 1. The van der Waals surface area contributed by atoms with Gasteiger partial charge in [-0.25, -0.2) is 4.98 Å². The van der Waals surface area contributed by atoms with E-state index in [4.69, 9.17) is 23.2 Å². The number of aromatic nitrogens is 3. The second kappa shape index (κ2) is 9.07. The molecular weight excluding hydrogens is 429 g/mol. The lowest BCUT2D eigenvalue weighted by molar-refractivity contribution is -0.128. The number of nitrogens with one attached hydrogen (secondary N) is 1. The van der Waals surface area contributed by atoms with E-state index >= 15 is 0 Å². The third-order valence-electron chi connectivity index (χ3n) is 4.73. The Morgan fingerprint density at radius 2 is 1.83 bits per heavy atom. The molecule has 1 aromatic heterocycles. The Bertz CT molecular complexity index is 990. The lowest BCUT2D eigenvalue weighted by Gasteiger charge is -2.36. The Morgan fingerprint density at radius 1 is 1.07 bits per heavy atom. The number of carbonyl (C=O) groups is 1. The predicted octanol–water partition coefficient (Wildman–Crippen LogP) is 4.22. The molecule has 1 fully saturated rings.